The molecule has 0 spiro atoms. The van der Waals surface area contributed by atoms with E-state index in [1.54, 1.807) is 31.4 Å². The molecule has 0 N–H and O–H groups in total. The molecule has 1 aromatic carbocycles. The van der Waals surface area contributed by atoms with Crippen molar-refractivity contribution < 1.29 is 41.3 Å². The van der Waals surface area contributed by atoms with Crippen molar-refractivity contribution in [2.75, 3.05) is 7.11 Å². The van der Waals surface area contributed by atoms with Crippen LogP contribution in [-0.4, -0.2) is 33.8 Å². The summed E-state index contributed by atoms with van der Waals surface area (Å²) in [5.74, 6) is 0.769. The van der Waals surface area contributed by atoms with Gasteiger partial charge in [0.05, 0.1) is 7.11 Å². The van der Waals surface area contributed by atoms with E-state index >= 15 is 0 Å². The standard InChI is InChI=1S/C8H8O2.3CO.Cr/c1-10-8-4-2-7(6-9)3-5-8;3*1-2;/h2-6H,1H3;;;;. The van der Waals surface area contributed by atoms with Gasteiger partial charge in [-0.1, -0.05) is 0 Å². The summed E-state index contributed by atoms with van der Waals surface area (Å²) in [5.41, 5.74) is 0.667. The molecule has 0 aliphatic heterocycles. The number of ether oxygens (including phenoxy) is 1. The van der Waals surface area contributed by atoms with E-state index in [1.165, 1.54) is 0 Å². The summed E-state index contributed by atoms with van der Waals surface area (Å²) in [7, 11) is 1.59. The minimum atomic E-state index is 0. The van der Waals surface area contributed by atoms with Crippen molar-refractivity contribution in [2.45, 2.75) is 0 Å². The van der Waals surface area contributed by atoms with Gasteiger partial charge in [-0.05, 0) is 24.3 Å². The van der Waals surface area contributed by atoms with E-state index < -0.39 is 0 Å². The third-order valence-electron chi connectivity index (χ3n) is 1.25. The molecular formula is C11H8CrO5. The van der Waals surface area contributed by atoms with Crippen LogP contribution in [0.15, 0.2) is 24.3 Å². The second-order valence-corrected chi connectivity index (χ2v) is 1.89. The first kappa shape index (κ1) is 24.5. The zero-order valence-electron chi connectivity index (χ0n) is 8.84. The minimum Gasteiger partial charge on any atom is -0.497 e. The average Bonchev–Trinajstić information content (AvgIpc) is 2.45. The summed E-state index contributed by atoms with van der Waals surface area (Å²) in [4.78, 5) is 32.7. The first-order chi connectivity index (χ1) is 7.86. The van der Waals surface area contributed by atoms with Crippen LogP contribution < -0.4 is 4.74 Å². The molecule has 1 rings (SSSR count). The number of benzene rings is 1. The molecule has 5 nitrogen and oxygen atoms in total. The van der Waals surface area contributed by atoms with Crippen LogP contribution in [0.3, 0.4) is 0 Å². The van der Waals surface area contributed by atoms with E-state index in [2.05, 4.69) is 20.4 Å². The number of carbonyl (C=O) groups is 1. The van der Waals surface area contributed by atoms with Crippen molar-refractivity contribution in [3.63, 3.8) is 0 Å². The van der Waals surface area contributed by atoms with Crippen LogP contribution in [0.25, 0.3) is 0 Å². The number of rotatable bonds is 2. The number of methoxy groups -OCH3 is 1. The maximum Gasteiger partial charge on any atom is 0.281 e. The summed E-state index contributed by atoms with van der Waals surface area (Å²) in [6.07, 6.45) is 0.805. The zero-order valence-corrected chi connectivity index (χ0v) is 10.1. The van der Waals surface area contributed by atoms with Crippen LogP contribution in [0.2, 0.25) is 0 Å². The van der Waals surface area contributed by atoms with Gasteiger partial charge in [0.2, 0.25) is 0 Å². The molecule has 17 heavy (non-hydrogen) atoms. The van der Waals surface area contributed by atoms with Gasteiger partial charge >= 0.3 is 0 Å². The predicted molar refractivity (Wildman–Crippen MR) is 55.5 cm³/mol. The molecule has 88 valence electrons. The molecule has 0 saturated carbocycles. The molecule has 0 fully saturated rings. The van der Waals surface area contributed by atoms with Gasteiger partial charge in [-0.25, -0.2) is 0 Å². The van der Waals surface area contributed by atoms with Crippen LogP contribution in [0.4, 0.5) is 0 Å². The Morgan fingerprint density at radius 2 is 1.29 bits per heavy atom. The normalized spacial score (nSPS) is 5.94. The maximum absolute atomic E-state index is 10.2. The Balaban J connectivity index is -0.000000106. The van der Waals surface area contributed by atoms with Gasteiger partial charge < -0.3 is 4.74 Å². The molecule has 6 heteroatoms. The Morgan fingerprint density at radius 3 is 1.53 bits per heavy atom. The molecule has 0 atom stereocenters. The van der Waals surface area contributed by atoms with E-state index in [0.29, 0.717) is 5.56 Å². The van der Waals surface area contributed by atoms with Crippen molar-refractivity contribution in [2.24, 2.45) is 0 Å². The van der Waals surface area contributed by atoms with E-state index in [4.69, 9.17) is 19.1 Å². The second kappa shape index (κ2) is 23.8. The fraction of sp³-hybridized carbons (Fsp3) is 0.0909. The van der Waals surface area contributed by atoms with Crippen LogP contribution in [0.5, 0.6) is 5.75 Å². The van der Waals surface area contributed by atoms with Gasteiger partial charge in [-0.2, -0.15) is 0 Å². The predicted octanol–water partition coefficient (Wildman–Crippen LogP) is 0.314. The summed E-state index contributed by atoms with van der Waals surface area (Å²) in [6, 6.07) is 6.94. The van der Waals surface area contributed by atoms with Crippen LogP contribution in [-0.2, 0) is 31.7 Å². The Bertz CT molecular complexity index is 258. The van der Waals surface area contributed by atoms with E-state index in [-0.39, 0.29) is 17.4 Å². The smallest absolute Gasteiger partial charge is 0.281 e. The van der Waals surface area contributed by atoms with Crippen molar-refractivity contribution >= 4 is 26.7 Å². The SMILES string of the molecule is COc1ccc(C=O)cc1.[C]=O.[C]=O.[C]=O.[Cr]. The Morgan fingerprint density at radius 1 is 0.941 bits per heavy atom. The van der Waals surface area contributed by atoms with Crippen molar-refractivity contribution in [3.8, 4) is 5.75 Å². The average molecular weight is 272 g/mol. The zero-order chi connectivity index (χ0) is 13.4. The number of aldehydes is 1. The Labute approximate surface area is 111 Å². The van der Waals surface area contributed by atoms with Crippen LogP contribution in [0.1, 0.15) is 10.4 Å². The molecule has 0 amide bonds. The Kier molecular flexibility index (Phi) is 34.2. The van der Waals surface area contributed by atoms with Gasteiger partial charge in [0.1, 0.15) is 12.0 Å². The molecule has 6 radical (unpaired) electrons. The van der Waals surface area contributed by atoms with Gasteiger partial charge in [0, 0.05) is 22.9 Å². The van der Waals surface area contributed by atoms with Crippen LogP contribution in [0, 0.1) is 0 Å². The molecular weight excluding hydrogens is 264 g/mol. The van der Waals surface area contributed by atoms with E-state index in [0.717, 1.165) is 12.0 Å². The van der Waals surface area contributed by atoms with Gasteiger partial charge in [0.25, 0.3) is 20.4 Å². The molecule has 0 unspecified atom stereocenters. The quantitative estimate of drug-likeness (QED) is 0.724. The molecule has 0 aromatic heterocycles. The number of carbonyl (C=O) groups excluding carboxylic acids is 4. The fourth-order valence-corrected chi connectivity index (χ4v) is 0.682. The van der Waals surface area contributed by atoms with Crippen LogP contribution >= 0.6 is 0 Å². The molecule has 0 aliphatic rings. The largest absolute Gasteiger partial charge is 0.497 e. The number of hydrogen-bond donors (Lipinski definition) is 0. The van der Waals surface area contributed by atoms with Crippen molar-refractivity contribution in [1.82, 2.24) is 0 Å². The maximum atomic E-state index is 10.2. The van der Waals surface area contributed by atoms with Crippen molar-refractivity contribution in [3.05, 3.63) is 29.8 Å². The summed E-state index contributed by atoms with van der Waals surface area (Å²) < 4.78 is 4.90. The monoisotopic (exact) mass is 272 g/mol. The topological polar surface area (TPSA) is 77.5 Å². The third-order valence-corrected chi connectivity index (χ3v) is 1.25. The van der Waals surface area contributed by atoms with Crippen molar-refractivity contribution in [1.29, 1.82) is 0 Å². The van der Waals surface area contributed by atoms with Gasteiger partial charge in [0.15, 0.2) is 0 Å². The fourth-order valence-electron chi connectivity index (χ4n) is 0.682. The van der Waals surface area contributed by atoms with Gasteiger partial charge in [-0.15, -0.1) is 0 Å². The first-order valence-corrected chi connectivity index (χ1v) is 3.57. The third kappa shape index (κ3) is 14.2. The number of hydrogen-bond acceptors (Lipinski definition) is 5. The molecule has 0 heterocycles. The Hall–Kier alpha value is -1.77. The van der Waals surface area contributed by atoms with E-state index in [1.807, 2.05) is 0 Å². The first-order valence-electron chi connectivity index (χ1n) is 3.57. The second-order valence-electron chi connectivity index (χ2n) is 1.89. The summed E-state index contributed by atoms with van der Waals surface area (Å²) >= 11 is 0. The summed E-state index contributed by atoms with van der Waals surface area (Å²) in [5, 5.41) is 0. The summed E-state index contributed by atoms with van der Waals surface area (Å²) in [6.45, 7) is 13.5. The molecule has 1 aromatic rings. The minimum absolute atomic E-state index is 0. The molecule has 0 aliphatic carbocycles. The van der Waals surface area contributed by atoms with E-state index in [9.17, 15) is 4.79 Å². The molecule has 0 bridgehead atoms. The van der Waals surface area contributed by atoms with Gasteiger partial charge in [-0.3, -0.25) is 19.2 Å². The molecule has 0 saturated heterocycles.